The van der Waals surface area contributed by atoms with Crippen LogP contribution >= 0.6 is 0 Å². The number of ether oxygens (including phenoxy) is 2. The molecule has 0 saturated heterocycles. The topological polar surface area (TPSA) is 143 Å². The van der Waals surface area contributed by atoms with Crippen molar-refractivity contribution in [2.24, 2.45) is 28.1 Å². The summed E-state index contributed by atoms with van der Waals surface area (Å²) in [6.07, 6.45) is 1.24. The maximum atomic E-state index is 11.5. The Kier molecular flexibility index (Phi) is 8.27. The third kappa shape index (κ3) is 8.83. The van der Waals surface area contributed by atoms with Gasteiger partial charge in [-0.3, -0.25) is 14.6 Å². The van der Waals surface area contributed by atoms with Crippen molar-refractivity contribution in [3.05, 3.63) is 0 Å². The van der Waals surface area contributed by atoms with Gasteiger partial charge < -0.3 is 26.7 Å². The predicted molar refractivity (Wildman–Crippen MR) is 69.8 cm³/mol. The Balaban J connectivity index is 3.76. The summed E-state index contributed by atoms with van der Waals surface area (Å²) in [7, 11) is 0. The van der Waals surface area contributed by atoms with Crippen LogP contribution in [0.2, 0.25) is 0 Å². The number of esters is 2. The van der Waals surface area contributed by atoms with Crippen LogP contribution in [0, 0.1) is 5.92 Å². The van der Waals surface area contributed by atoms with Crippen molar-refractivity contribution < 1.29 is 19.1 Å². The molecule has 0 aromatic rings. The molecule has 0 radical (unpaired) electrons. The van der Waals surface area contributed by atoms with E-state index in [1.54, 1.807) is 6.92 Å². The van der Waals surface area contributed by atoms with Gasteiger partial charge in [-0.2, -0.15) is 0 Å². The molecule has 0 rings (SSSR count). The summed E-state index contributed by atoms with van der Waals surface area (Å²) >= 11 is 0. The van der Waals surface area contributed by atoms with Crippen molar-refractivity contribution in [2.45, 2.75) is 32.7 Å². The standard InChI is InChI=1S/C11H22N4O4/c1-7(4-3-5-15-11(13)14)9(16)18-6-19-10(17)8(2)12/h7-8H,3-6,12H2,1-2H3,(H4,13,14,15). The molecule has 0 aliphatic heterocycles. The normalized spacial score (nSPS) is 13.2. The molecule has 0 fully saturated rings. The van der Waals surface area contributed by atoms with Gasteiger partial charge in [0.25, 0.3) is 0 Å². The second kappa shape index (κ2) is 9.15. The molecular weight excluding hydrogens is 252 g/mol. The van der Waals surface area contributed by atoms with Crippen molar-refractivity contribution in [3.8, 4) is 0 Å². The van der Waals surface area contributed by atoms with E-state index >= 15 is 0 Å². The zero-order chi connectivity index (χ0) is 14.8. The Morgan fingerprint density at radius 3 is 2.26 bits per heavy atom. The highest BCUT2D eigenvalue weighted by Gasteiger charge is 2.15. The monoisotopic (exact) mass is 274 g/mol. The first kappa shape index (κ1) is 17.2. The van der Waals surface area contributed by atoms with Gasteiger partial charge in [0.1, 0.15) is 6.04 Å². The molecular formula is C11H22N4O4. The molecule has 0 saturated carbocycles. The van der Waals surface area contributed by atoms with E-state index in [1.165, 1.54) is 6.92 Å². The lowest BCUT2D eigenvalue weighted by molar-refractivity contribution is -0.170. The number of rotatable bonds is 8. The van der Waals surface area contributed by atoms with Gasteiger partial charge in [-0.15, -0.1) is 0 Å². The Bertz CT molecular complexity index is 327. The Morgan fingerprint density at radius 1 is 1.16 bits per heavy atom. The third-order valence-electron chi connectivity index (χ3n) is 2.27. The first-order chi connectivity index (χ1) is 8.84. The summed E-state index contributed by atoms with van der Waals surface area (Å²) in [4.78, 5) is 26.3. The van der Waals surface area contributed by atoms with Crippen molar-refractivity contribution in [1.29, 1.82) is 0 Å². The quantitative estimate of drug-likeness (QED) is 0.170. The minimum atomic E-state index is -0.740. The SMILES string of the molecule is CC(N)C(=O)OCOC(=O)C(C)CCCN=C(N)N. The first-order valence-corrected chi connectivity index (χ1v) is 5.98. The number of hydrogen-bond acceptors (Lipinski definition) is 6. The minimum Gasteiger partial charge on any atom is -0.428 e. The third-order valence-corrected chi connectivity index (χ3v) is 2.27. The molecule has 8 heteroatoms. The zero-order valence-electron chi connectivity index (χ0n) is 11.3. The largest absolute Gasteiger partial charge is 0.428 e. The van der Waals surface area contributed by atoms with E-state index in [9.17, 15) is 9.59 Å². The number of hydrogen-bond donors (Lipinski definition) is 3. The molecule has 0 bridgehead atoms. The fourth-order valence-electron chi connectivity index (χ4n) is 1.14. The minimum absolute atomic E-state index is 0.0260. The van der Waals surface area contributed by atoms with Gasteiger partial charge in [0.05, 0.1) is 5.92 Å². The van der Waals surface area contributed by atoms with Crippen molar-refractivity contribution in [2.75, 3.05) is 13.3 Å². The summed E-state index contributed by atoms with van der Waals surface area (Å²) in [5.41, 5.74) is 15.6. The van der Waals surface area contributed by atoms with Crippen LogP contribution in [-0.2, 0) is 19.1 Å². The van der Waals surface area contributed by atoms with E-state index in [4.69, 9.17) is 21.9 Å². The summed E-state index contributed by atoms with van der Waals surface area (Å²) in [5, 5.41) is 0. The molecule has 0 aliphatic carbocycles. The first-order valence-electron chi connectivity index (χ1n) is 5.98. The maximum absolute atomic E-state index is 11.5. The van der Waals surface area contributed by atoms with Gasteiger partial charge in [-0.05, 0) is 19.8 Å². The van der Waals surface area contributed by atoms with E-state index in [-0.39, 0.29) is 11.9 Å². The van der Waals surface area contributed by atoms with E-state index in [0.717, 1.165) is 0 Å². The van der Waals surface area contributed by atoms with Crippen molar-refractivity contribution in [3.63, 3.8) is 0 Å². The fraction of sp³-hybridized carbons (Fsp3) is 0.727. The van der Waals surface area contributed by atoms with Crippen LogP contribution in [0.4, 0.5) is 0 Å². The van der Waals surface area contributed by atoms with Gasteiger partial charge in [0, 0.05) is 6.54 Å². The second-order valence-electron chi connectivity index (χ2n) is 4.18. The lowest BCUT2D eigenvalue weighted by Gasteiger charge is -2.11. The number of aliphatic imine (C=N–C) groups is 1. The fourth-order valence-corrected chi connectivity index (χ4v) is 1.14. The maximum Gasteiger partial charge on any atom is 0.325 e. The van der Waals surface area contributed by atoms with Crippen LogP contribution in [0.3, 0.4) is 0 Å². The summed E-state index contributed by atoms with van der Waals surface area (Å²) in [6.45, 7) is 3.23. The number of nitrogens with zero attached hydrogens (tertiary/aromatic N) is 1. The van der Waals surface area contributed by atoms with E-state index in [1.807, 2.05) is 0 Å². The molecule has 19 heavy (non-hydrogen) atoms. The van der Waals surface area contributed by atoms with Crippen LogP contribution in [0.25, 0.3) is 0 Å². The summed E-state index contributed by atoms with van der Waals surface area (Å²) in [6, 6.07) is -0.740. The number of carbonyl (C=O) groups excluding carboxylic acids is 2. The van der Waals surface area contributed by atoms with E-state index in [2.05, 4.69) is 9.73 Å². The Morgan fingerprint density at radius 2 is 1.74 bits per heavy atom. The molecule has 0 spiro atoms. The van der Waals surface area contributed by atoms with Gasteiger partial charge in [0.15, 0.2) is 5.96 Å². The highest BCUT2D eigenvalue weighted by molar-refractivity contribution is 5.76. The lowest BCUT2D eigenvalue weighted by atomic mass is 10.1. The molecule has 8 nitrogen and oxygen atoms in total. The molecule has 0 aliphatic rings. The Hall–Kier alpha value is -1.83. The van der Waals surface area contributed by atoms with E-state index in [0.29, 0.717) is 19.4 Å². The number of guanidine groups is 1. The average molecular weight is 274 g/mol. The van der Waals surface area contributed by atoms with Crippen LogP contribution in [-0.4, -0.2) is 37.3 Å². The van der Waals surface area contributed by atoms with Crippen LogP contribution in [0.1, 0.15) is 26.7 Å². The average Bonchev–Trinajstić information content (AvgIpc) is 2.33. The van der Waals surface area contributed by atoms with Crippen LogP contribution < -0.4 is 17.2 Å². The molecule has 0 aromatic carbocycles. The molecule has 2 unspecified atom stereocenters. The lowest BCUT2D eigenvalue weighted by Crippen LogP contribution is -2.30. The van der Waals surface area contributed by atoms with Gasteiger partial charge in [-0.25, -0.2) is 0 Å². The molecule has 110 valence electrons. The molecule has 6 N–H and O–H groups in total. The molecule has 0 amide bonds. The summed E-state index contributed by atoms with van der Waals surface area (Å²) < 4.78 is 9.40. The van der Waals surface area contributed by atoms with Crippen LogP contribution in [0.15, 0.2) is 4.99 Å². The highest BCUT2D eigenvalue weighted by Crippen LogP contribution is 2.08. The zero-order valence-corrected chi connectivity index (χ0v) is 11.3. The number of nitrogens with two attached hydrogens (primary N) is 3. The Labute approximate surface area is 112 Å². The van der Waals surface area contributed by atoms with Gasteiger partial charge in [0.2, 0.25) is 6.79 Å². The summed E-state index contributed by atoms with van der Waals surface area (Å²) in [5.74, 6) is -1.35. The van der Waals surface area contributed by atoms with E-state index < -0.39 is 24.8 Å². The predicted octanol–water partition coefficient (Wildman–Crippen LogP) is -0.933. The van der Waals surface area contributed by atoms with Crippen molar-refractivity contribution >= 4 is 17.9 Å². The number of carbonyl (C=O) groups is 2. The molecule has 0 aromatic heterocycles. The molecule has 0 heterocycles. The van der Waals surface area contributed by atoms with Crippen LogP contribution in [0.5, 0.6) is 0 Å². The smallest absolute Gasteiger partial charge is 0.325 e. The van der Waals surface area contributed by atoms with Gasteiger partial charge >= 0.3 is 11.9 Å². The van der Waals surface area contributed by atoms with Crippen molar-refractivity contribution in [1.82, 2.24) is 0 Å². The second-order valence-corrected chi connectivity index (χ2v) is 4.18. The van der Waals surface area contributed by atoms with Gasteiger partial charge in [-0.1, -0.05) is 6.92 Å². The highest BCUT2D eigenvalue weighted by atomic mass is 16.7. The molecule has 2 atom stereocenters.